The topological polar surface area (TPSA) is 66.0 Å². The molecular formula is C21H17ClN6. The maximum atomic E-state index is 6.04. The molecule has 1 unspecified atom stereocenters. The van der Waals surface area contributed by atoms with Gasteiger partial charge in [0.1, 0.15) is 17.3 Å². The summed E-state index contributed by atoms with van der Waals surface area (Å²) in [5, 5.41) is 6.74. The van der Waals surface area contributed by atoms with Gasteiger partial charge in [-0.25, -0.2) is 20.4 Å². The molecule has 0 saturated heterocycles. The Morgan fingerprint density at radius 3 is 2.93 bits per heavy atom. The second kappa shape index (κ2) is 7.07. The van der Waals surface area contributed by atoms with Gasteiger partial charge in [0, 0.05) is 17.3 Å². The van der Waals surface area contributed by atoms with Gasteiger partial charge in [-0.15, -0.1) is 0 Å². The monoisotopic (exact) mass is 388 g/mol. The molecule has 1 aliphatic heterocycles. The third-order valence-electron chi connectivity index (χ3n) is 4.71. The number of allylic oxidation sites excluding steroid dienone is 1. The van der Waals surface area contributed by atoms with Crippen molar-refractivity contribution >= 4 is 28.3 Å². The summed E-state index contributed by atoms with van der Waals surface area (Å²) in [5.74, 6) is 0.705. The lowest BCUT2D eigenvalue weighted by molar-refractivity contribution is 0.280. The standard InChI is InChI=1S/C21H17ClN6/c22-20-9-17-19(10-23-20)24-13-25-21(17)26-16-6-7-18-15(8-16)12-28(27-18)11-14-4-2-1-3-5-14/h1-10,12-13,18,27H,11H2,(H,24,25,26). The largest absolute Gasteiger partial charge is 0.340 e. The molecule has 28 heavy (non-hydrogen) atoms. The van der Waals surface area contributed by atoms with Crippen LogP contribution in [0.15, 0.2) is 84.6 Å². The number of fused-ring (bicyclic) bond motifs is 2. The van der Waals surface area contributed by atoms with E-state index in [9.17, 15) is 0 Å². The number of benzene rings is 1. The molecule has 6 nitrogen and oxygen atoms in total. The fourth-order valence-electron chi connectivity index (χ4n) is 3.38. The van der Waals surface area contributed by atoms with E-state index in [4.69, 9.17) is 11.6 Å². The van der Waals surface area contributed by atoms with Crippen LogP contribution in [0.4, 0.5) is 5.82 Å². The van der Waals surface area contributed by atoms with Crippen molar-refractivity contribution in [2.75, 3.05) is 5.32 Å². The van der Waals surface area contributed by atoms with Gasteiger partial charge in [0.05, 0.1) is 24.3 Å². The lowest BCUT2D eigenvalue weighted by atomic mass is 10.0. The molecule has 3 aromatic rings. The number of aromatic nitrogens is 3. The summed E-state index contributed by atoms with van der Waals surface area (Å²) in [7, 11) is 0. The molecule has 7 heteroatoms. The van der Waals surface area contributed by atoms with Gasteiger partial charge in [-0.3, -0.25) is 0 Å². The molecule has 0 amide bonds. The second-order valence-corrected chi connectivity index (χ2v) is 7.07. The Balaban J connectivity index is 1.38. The first-order valence-corrected chi connectivity index (χ1v) is 9.34. The summed E-state index contributed by atoms with van der Waals surface area (Å²) in [5.41, 5.74) is 7.65. The van der Waals surface area contributed by atoms with Gasteiger partial charge >= 0.3 is 0 Å². The molecule has 2 aliphatic rings. The number of hydrogen-bond acceptors (Lipinski definition) is 6. The van der Waals surface area contributed by atoms with Crippen molar-refractivity contribution in [3.05, 3.63) is 95.3 Å². The van der Waals surface area contributed by atoms with Crippen molar-refractivity contribution in [3.63, 3.8) is 0 Å². The van der Waals surface area contributed by atoms with Gasteiger partial charge in [-0.1, -0.05) is 48.0 Å². The number of hydrogen-bond donors (Lipinski definition) is 2. The lowest BCUT2D eigenvalue weighted by Crippen LogP contribution is -2.35. The van der Waals surface area contributed by atoms with E-state index in [2.05, 4.69) is 79.4 Å². The zero-order valence-corrected chi connectivity index (χ0v) is 15.6. The van der Waals surface area contributed by atoms with Crippen LogP contribution in [0.3, 0.4) is 0 Å². The average Bonchev–Trinajstić information content (AvgIpc) is 3.11. The van der Waals surface area contributed by atoms with Crippen molar-refractivity contribution in [1.29, 1.82) is 0 Å². The minimum atomic E-state index is 0.176. The Hall–Kier alpha value is -3.22. The molecule has 0 spiro atoms. The predicted molar refractivity (Wildman–Crippen MR) is 110 cm³/mol. The SMILES string of the molecule is Clc1cc2c(NC3=CC4=CN(Cc5ccccc5)NC4C=C3)ncnc2cn1. The summed E-state index contributed by atoms with van der Waals surface area (Å²) in [6, 6.07) is 12.3. The molecule has 0 radical (unpaired) electrons. The molecule has 1 aromatic carbocycles. The van der Waals surface area contributed by atoms with E-state index in [0.717, 1.165) is 23.1 Å². The molecule has 2 N–H and O–H groups in total. The van der Waals surface area contributed by atoms with Crippen molar-refractivity contribution in [3.8, 4) is 0 Å². The highest BCUT2D eigenvalue weighted by molar-refractivity contribution is 6.30. The second-order valence-electron chi connectivity index (χ2n) is 6.68. The van der Waals surface area contributed by atoms with Crippen molar-refractivity contribution < 1.29 is 0 Å². The number of hydrazine groups is 1. The number of pyridine rings is 1. The van der Waals surface area contributed by atoms with Crippen molar-refractivity contribution in [2.24, 2.45) is 0 Å². The van der Waals surface area contributed by atoms with Gasteiger partial charge in [0.25, 0.3) is 0 Å². The molecule has 1 aliphatic carbocycles. The summed E-state index contributed by atoms with van der Waals surface area (Å²) >= 11 is 6.04. The van der Waals surface area contributed by atoms with Gasteiger partial charge in [0.2, 0.25) is 0 Å². The highest BCUT2D eigenvalue weighted by Crippen LogP contribution is 2.26. The maximum absolute atomic E-state index is 6.04. The van der Waals surface area contributed by atoms with Crippen molar-refractivity contribution in [2.45, 2.75) is 12.6 Å². The highest BCUT2D eigenvalue weighted by atomic mass is 35.5. The van der Waals surface area contributed by atoms with Crippen LogP contribution in [0.25, 0.3) is 10.9 Å². The zero-order chi connectivity index (χ0) is 18.9. The Bertz CT molecular complexity index is 1120. The van der Waals surface area contributed by atoms with Crippen LogP contribution in [-0.2, 0) is 6.54 Å². The first kappa shape index (κ1) is 16.9. The Labute approximate surface area is 167 Å². The van der Waals surface area contributed by atoms with Crippen LogP contribution in [0.5, 0.6) is 0 Å². The molecule has 1 atom stereocenters. The van der Waals surface area contributed by atoms with E-state index in [1.54, 1.807) is 12.3 Å². The third kappa shape index (κ3) is 3.35. The van der Waals surface area contributed by atoms with E-state index < -0.39 is 0 Å². The van der Waals surface area contributed by atoms with Crippen LogP contribution in [-0.4, -0.2) is 26.0 Å². The minimum absolute atomic E-state index is 0.176. The van der Waals surface area contributed by atoms with Crippen LogP contribution < -0.4 is 10.7 Å². The minimum Gasteiger partial charge on any atom is -0.340 e. The van der Waals surface area contributed by atoms with Crippen LogP contribution >= 0.6 is 11.6 Å². The Morgan fingerprint density at radius 1 is 1.14 bits per heavy atom. The predicted octanol–water partition coefficient (Wildman–Crippen LogP) is 3.82. The number of rotatable bonds is 4. The van der Waals surface area contributed by atoms with Gasteiger partial charge in [0.15, 0.2) is 0 Å². The van der Waals surface area contributed by atoms with Gasteiger partial charge in [-0.2, -0.15) is 0 Å². The van der Waals surface area contributed by atoms with Crippen LogP contribution in [0.1, 0.15) is 5.56 Å². The van der Waals surface area contributed by atoms with Gasteiger partial charge < -0.3 is 10.3 Å². The van der Waals surface area contributed by atoms with E-state index in [1.807, 2.05) is 6.07 Å². The summed E-state index contributed by atoms with van der Waals surface area (Å²) in [6.45, 7) is 0.813. The Morgan fingerprint density at radius 2 is 2.04 bits per heavy atom. The maximum Gasteiger partial charge on any atom is 0.141 e. The Kier molecular flexibility index (Phi) is 4.27. The van der Waals surface area contributed by atoms with E-state index in [1.165, 1.54) is 17.5 Å². The lowest BCUT2D eigenvalue weighted by Gasteiger charge is -2.20. The number of nitrogens with one attached hydrogen (secondary N) is 2. The van der Waals surface area contributed by atoms with E-state index in [-0.39, 0.29) is 6.04 Å². The molecule has 0 fully saturated rings. The number of anilines is 1. The van der Waals surface area contributed by atoms with Crippen molar-refractivity contribution in [1.82, 2.24) is 25.4 Å². The van der Waals surface area contributed by atoms with Crippen LogP contribution in [0.2, 0.25) is 5.15 Å². The smallest absolute Gasteiger partial charge is 0.141 e. The summed E-state index contributed by atoms with van der Waals surface area (Å²) < 4.78 is 0. The molecule has 0 bridgehead atoms. The quantitative estimate of drug-likeness (QED) is 0.662. The molecule has 2 aromatic heterocycles. The van der Waals surface area contributed by atoms with Crippen LogP contribution in [0, 0.1) is 0 Å². The summed E-state index contributed by atoms with van der Waals surface area (Å²) in [4.78, 5) is 12.7. The van der Waals surface area contributed by atoms with Gasteiger partial charge in [-0.05, 0) is 29.4 Å². The molecule has 5 rings (SSSR count). The molecule has 138 valence electrons. The zero-order valence-electron chi connectivity index (χ0n) is 14.9. The van der Waals surface area contributed by atoms with E-state index in [0.29, 0.717) is 11.0 Å². The normalized spacial score (nSPS) is 18.0. The van der Waals surface area contributed by atoms with E-state index >= 15 is 0 Å². The first-order chi connectivity index (χ1) is 13.7. The number of nitrogens with zero attached hydrogens (tertiary/aromatic N) is 4. The highest BCUT2D eigenvalue weighted by Gasteiger charge is 2.23. The third-order valence-corrected chi connectivity index (χ3v) is 4.91. The number of halogens is 1. The molecule has 3 heterocycles. The summed E-state index contributed by atoms with van der Waals surface area (Å²) in [6.07, 6.45) is 11.6. The first-order valence-electron chi connectivity index (χ1n) is 8.96. The molecule has 0 saturated carbocycles. The average molecular weight is 389 g/mol. The fraction of sp³-hybridized carbons (Fsp3) is 0.0952. The molecular weight excluding hydrogens is 372 g/mol. The fourth-order valence-corrected chi connectivity index (χ4v) is 3.54.